The lowest BCUT2D eigenvalue weighted by molar-refractivity contribution is -0.132. The molecule has 0 aliphatic carbocycles. The van der Waals surface area contributed by atoms with E-state index < -0.39 is 11.8 Å². The van der Waals surface area contributed by atoms with Gasteiger partial charge in [-0.25, -0.2) is 0 Å². The number of carbonyl (C=O) groups excluding carboxylic acids is 2. The summed E-state index contributed by atoms with van der Waals surface area (Å²) in [5.41, 5.74) is 1.24. The largest absolute Gasteiger partial charge is 0.288 e. The Kier molecular flexibility index (Phi) is 3.63. The predicted molar refractivity (Wildman–Crippen MR) is 77.3 cm³/mol. The second kappa shape index (κ2) is 5.23. The predicted octanol–water partition coefficient (Wildman–Crippen LogP) is 1.16. The molecule has 2 rings (SSSR count). The summed E-state index contributed by atoms with van der Waals surface area (Å²) in [5.74, 6) is -0.857. The lowest BCUT2D eigenvalue weighted by Crippen LogP contribution is -2.52. The van der Waals surface area contributed by atoms with Gasteiger partial charge in [0.1, 0.15) is 5.57 Å². The molecule has 0 saturated carbocycles. The van der Waals surface area contributed by atoms with Crippen molar-refractivity contribution in [1.82, 2.24) is 9.80 Å². The van der Waals surface area contributed by atoms with E-state index in [1.165, 1.54) is 30.0 Å². The van der Waals surface area contributed by atoms with E-state index in [9.17, 15) is 9.59 Å². The van der Waals surface area contributed by atoms with Crippen molar-refractivity contribution >= 4 is 35.2 Å². The van der Waals surface area contributed by atoms with E-state index in [-0.39, 0.29) is 10.7 Å². The van der Waals surface area contributed by atoms with Crippen molar-refractivity contribution in [2.24, 2.45) is 0 Å². The highest BCUT2D eigenvalue weighted by Gasteiger charge is 2.35. The summed E-state index contributed by atoms with van der Waals surface area (Å²) in [6.07, 6.45) is 1.50. The second-order valence-corrected chi connectivity index (χ2v) is 4.67. The monoisotopic (exact) mass is 285 g/mol. The first-order chi connectivity index (χ1) is 9.45. The van der Waals surface area contributed by atoms with Gasteiger partial charge >= 0.3 is 0 Å². The molecule has 0 unspecified atom stereocenters. The van der Waals surface area contributed by atoms with Gasteiger partial charge in [0, 0.05) is 14.1 Å². The van der Waals surface area contributed by atoms with Gasteiger partial charge in [-0.05, 0) is 36.0 Å². The minimum Gasteiger partial charge on any atom is -0.288 e. The highest BCUT2D eigenvalue weighted by atomic mass is 32.1. The highest BCUT2D eigenvalue weighted by molar-refractivity contribution is 7.80. The third-order valence-electron chi connectivity index (χ3n) is 2.99. The zero-order valence-electron chi connectivity index (χ0n) is 11.0. The minimum absolute atomic E-state index is 0.0494. The number of carbonyl (C=O) groups is 2. The van der Waals surface area contributed by atoms with Gasteiger partial charge in [0.15, 0.2) is 5.11 Å². The van der Waals surface area contributed by atoms with Gasteiger partial charge in [-0.15, -0.1) is 0 Å². The van der Waals surface area contributed by atoms with Crippen LogP contribution in [-0.4, -0.2) is 40.8 Å². The van der Waals surface area contributed by atoms with Crippen LogP contribution in [0.25, 0.3) is 6.08 Å². The Morgan fingerprint density at radius 3 is 2.05 bits per heavy atom. The molecule has 1 aliphatic heterocycles. The van der Waals surface area contributed by atoms with E-state index in [0.29, 0.717) is 11.1 Å². The first-order valence-corrected chi connectivity index (χ1v) is 6.18. The van der Waals surface area contributed by atoms with Gasteiger partial charge in [-0.1, -0.05) is 12.1 Å². The molecule has 5 nitrogen and oxygen atoms in total. The number of nitrogens with zero attached hydrogens (tertiary/aromatic N) is 3. The standard InChI is InChI=1S/C14H11N3O2S/c1-16-12(18)11(13(19)17(2)14(16)20)7-9-3-5-10(8-15)6-4-9/h3-7H,1-2H3. The molecule has 20 heavy (non-hydrogen) atoms. The maximum absolute atomic E-state index is 12.1. The van der Waals surface area contributed by atoms with E-state index in [1.54, 1.807) is 24.3 Å². The lowest BCUT2D eigenvalue weighted by Gasteiger charge is -2.31. The average molecular weight is 285 g/mol. The van der Waals surface area contributed by atoms with Gasteiger partial charge in [-0.2, -0.15) is 5.26 Å². The van der Waals surface area contributed by atoms with Crippen molar-refractivity contribution in [3.63, 3.8) is 0 Å². The minimum atomic E-state index is -0.428. The van der Waals surface area contributed by atoms with E-state index in [2.05, 4.69) is 0 Å². The van der Waals surface area contributed by atoms with Crippen LogP contribution >= 0.6 is 12.2 Å². The first kappa shape index (κ1) is 13.9. The van der Waals surface area contributed by atoms with Crippen LogP contribution in [-0.2, 0) is 9.59 Å². The molecule has 6 heteroatoms. The Hall–Kier alpha value is -2.52. The van der Waals surface area contributed by atoms with Gasteiger partial charge in [0.05, 0.1) is 11.6 Å². The number of likely N-dealkylation sites (N-methyl/N-ethyl adjacent to an activating group) is 2. The molecular formula is C14H11N3O2S. The van der Waals surface area contributed by atoms with Crippen LogP contribution in [0.4, 0.5) is 0 Å². The molecule has 0 radical (unpaired) electrons. The Morgan fingerprint density at radius 1 is 1.10 bits per heavy atom. The first-order valence-electron chi connectivity index (χ1n) is 5.77. The van der Waals surface area contributed by atoms with Gasteiger partial charge in [0.2, 0.25) is 0 Å². The Labute approximate surface area is 121 Å². The molecule has 1 fully saturated rings. The number of thiocarbonyl (C=S) groups is 1. The van der Waals surface area contributed by atoms with Crippen molar-refractivity contribution in [2.45, 2.75) is 0 Å². The molecule has 0 aromatic heterocycles. The molecule has 2 amide bonds. The number of benzene rings is 1. The summed E-state index contributed by atoms with van der Waals surface area (Å²) >= 11 is 5.00. The molecular weight excluding hydrogens is 274 g/mol. The van der Waals surface area contributed by atoms with E-state index in [4.69, 9.17) is 17.5 Å². The second-order valence-electron chi connectivity index (χ2n) is 4.30. The molecule has 1 aromatic rings. The highest BCUT2D eigenvalue weighted by Crippen LogP contribution is 2.18. The molecule has 100 valence electrons. The van der Waals surface area contributed by atoms with Crippen molar-refractivity contribution in [3.8, 4) is 6.07 Å². The molecule has 1 aromatic carbocycles. The zero-order valence-corrected chi connectivity index (χ0v) is 11.8. The fourth-order valence-electron chi connectivity index (χ4n) is 1.80. The number of amides is 2. The normalized spacial score (nSPS) is 15.4. The summed E-state index contributed by atoms with van der Waals surface area (Å²) in [6, 6.07) is 8.62. The third-order valence-corrected chi connectivity index (χ3v) is 3.54. The van der Waals surface area contributed by atoms with Crippen LogP contribution in [0.3, 0.4) is 0 Å². The van der Waals surface area contributed by atoms with Gasteiger partial charge in [0.25, 0.3) is 11.8 Å². The van der Waals surface area contributed by atoms with Crippen LogP contribution in [0.1, 0.15) is 11.1 Å². The Bertz CT molecular complexity index is 645. The maximum Gasteiger partial charge on any atom is 0.265 e. The number of nitriles is 1. The summed E-state index contributed by atoms with van der Waals surface area (Å²) in [6.45, 7) is 0. The van der Waals surface area contributed by atoms with Gasteiger partial charge < -0.3 is 0 Å². The van der Waals surface area contributed by atoms with E-state index >= 15 is 0 Å². The van der Waals surface area contributed by atoms with E-state index in [1.807, 2.05) is 6.07 Å². The average Bonchev–Trinajstić information content (AvgIpc) is 2.48. The lowest BCUT2D eigenvalue weighted by atomic mass is 10.1. The van der Waals surface area contributed by atoms with Gasteiger partial charge in [-0.3, -0.25) is 19.4 Å². The summed E-state index contributed by atoms with van der Waals surface area (Å²) in [7, 11) is 3.06. The van der Waals surface area contributed by atoms with E-state index in [0.717, 1.165) is 0 Å². The molecule has 1 aliphatic rings. The molecule has 0 spiro atoms. The smallest absolute Gasteiger partial charge is 0.265 e. The van der Waals surface area contributed by atoms with Crippen molar-refractivity contribution in [3.05, 3.63) is 41.0 Å². The SMILES string of the molecule is CN1C(=O)C(=Cc2ccc(C#N)cc2)C(=O)N(C)C1=S. The molecule has 0 N–H and O–H groups in total. The molecule has 1 saturated heterocycles. The summed E-state index contributed by atoms with van der Waals surface area (Å²) in [5, 5.41) is 8.91. The molecule has 0 atom stereocenters. The topological polar surface area (TPSA) is 64.4 Å². The third kappa shape index (κ3) is 2.31. The van der Waals surface area contributed by atoms with Crippen LogP contribution < -0.4 is 0 Å². The maximum atomic E-state index is 12.1. The van der Waals surface area contributed by atoms with Crippen molar-refractivity contribution < 1.29 is 9.59 Å². The number of rotatable bonds is 1. The summed E-state index contributed by atoms with van der Waals surface area (Å²) in [4.78, 5) is 26.7. The quantitative estimate of drug-likeness (QED) is 0.441. The van der Waals surface area contributed by atoms with Crippen LogP contribution in [0.2, 0.25) is 0 Å². The van der Waals surface area contributed by atoms with Crippen LogP contribution in [0.5, 0.6) is 0 Å². The number of hydrogen-bond acceptors (Lipinski definition) is 4. The molecule has 1 heterocycles. The summed E-state index contributed by atoms with van der Waals surface area (Å²) < 4.78 is 0. The fraction of sp³-hybridized carbons (Fsp3) is 0.143. The van der Waals surface area contributed by atoms with Crippen molar-refractivity contribution in [2.75, 3.05) is 14.1 Å². The zero-order chi connectivity index (χ0) is 14.9. The number of hydrogen-bond donors (Lipinski definition) is 0. The Balaban J connectivity index is 2.41. The van der Waals surface area contributed by atoms with Crippen molar-refractivity contribution in [1.29, 1.82) is 5.26 Å². The Morgan fingerprint density at radius 2 is 1.60 bits per heavy atom. The van der Waals surface area contributed by atoms with Crippen LogP contribution in [0, 0.1) is 11.3 Å². The molecule has 0 bridgehead atoms. The van der Waals surface area contributed by atoms with Crippen LogP contribution in [0.15, 0.2) is 29.8 Å². The fourth-order valence-corrected chi connectivity index (χ4v) is 1.96.